The molecule has 5 aromatic heterocycles. The lowest BCUT2D eigenvalue weighted by atomic mass is 9.93. The van der Waals surface area contributed by atoms with E-state index in [-0.39, 0.29) is 68.8 Å². The third-order valence-corrected chi connectivity index (χ3v) is 15.7. The topological polar surface area (TPSA) is 334 Å². The van der Waals surface area contributed by atoms with Crippen molar-refractivity contribution in [3.05, 3.63) is 131 Å². The number of esters is 1. The summed E-state index contributed by atoms with van der Waals surface area (Å²) in [5.74, 6) is -6.60. The number of allylic oxidation sites excluding steroid dienone is 1. The van der Waals surface area contributed by atoms with Crippen LogP contribution >= 0.6 is 0 Å². The minimum Gasteiger partial charge on any atom is -0.494 e. The Morgan fingerprint density at radius 2 is 1.32 bits per heavy atom. The van der Waals surface area contributed by atoms with Crippen molar-refractivity contribution < 1.29 is 79.7 Å². The van der Waals surface area contributed by atoms with E-state index in [9.17, 15) is 37.6 Å². The van der Waals surface area contributed by atoms with Crippen LogP contribution in [0.25, 0.3) is 22.3 Å². The van der Waals surface area contributed by atoms with E-state index in [1.807, 2.05) is 30.3 Å². The largest absolute Gasteiger partial charge is 0.494 e. The molecular weight excluding hydrogens is 1300 g/mol. The molecule has 9 rings (SSSR count). The highest BCUT2D eigenvalue weighted by Crippen LogP contribution is 2.33. The molecule has 99 heavy (non-hydrogen) atoms. The molecule has 0 bridgehead atoms. The zero-order valence-electron chi connectivity index (χ0n) is 55.1. The Bertz CT molecular complexity index is 3760. The Labute approximate surface area is 568 Å². The van der Waals surface area contributed by atoms with Crippen LogP contribution in [-0.2, 0) is 67.2 Å². The van der Waals surface area contributed by atoms with Crippen LogP contribution in [0.5, 0.6) is 11.5 Å². The molecule has 2 fully saturated rings. The highest BCUT2D eigenvalue weighted by Gasteiger charge is 2.31. The van der Waals surface area contributed by atoms with E-state index in [2.05, 4.69) is 71.6 Å². The van der Waals surface area contributed by atoms with Gasteiger partial charge >= 0.3 is 5.97 Å². The first kappa shape index (κ1) is 74.0. The third-order valence-electron chi connectivity index (χ3n) is 15.7. The van der Waals surface area contributed by atoms with Gasteiger partial charge in [-0.2, -0.15) is 9.94 Å². The highest BCUT2D eigenvalue weighted by molar-refractivity contribution is 6.45. The molecule has 0 spiro atoms. The molecule has 2 aliphatic rings. The Balaban J connectivity index is 0.537. The number of carbonyl (C=O) groups excluding carboxylic acids is 4. The number of aromatic nitrogens is 10. The standard InChI is InChI=1S/C66H81F3N16O14/c1-90-56-42-73-64(60-59(56)53(41-72-60)61(87)66(89)83-13-8-48(9-14-83)52(39-70)47-6-3-2-4-7-47)85-46-77-63(79-85)65(88)74-40-50-38-57(76-45-75-50)71-11-5-12-81-15-17-82(18-16-81)19-22-92-25-28-95-32-33-97-34-35-98-44-51-43-84(80-78-51)20-23-93-26-29-96-31-30-94-27-24-91-21-10-58(86)99-62-54(68)36-49(67)37-55(62)69/h2-4,6-7,36-38,41-43,45-46,72H,5,8-35,40,44H2,1H3,(H,74,88)(H,71,75,76). The number of piperazine rings is 1. The van der Waals surface area contributed by atoms with Crippen LogP contribution in [-0.4, -0.2) is 253 Å². The van der Waals surface area contributed by atoms with Crippen molar-refractivity contribution in [2.24, 2.45) is 0 Å². The number of nitrogens with zero attached hydrogens (tertiary/aromatic N) is 13. The van der Waals surface area contributed by atoms with Crippen LogP contribution in [0, 0.1) is 28.8 Å². The van der Waals surface area contributed by atoms with Gasteiger partial charge < -0.3 is 72.8 Å². The summed E-state index contributed by atoms with van der Waals surface area (Å²) in [5, 5.41) is 29.0. The fourth-order valence-corrected chi connectivity index (χ4v) is 10.5. The third kappa shape index (κ3) is 23.2. The second kappa shape index (κ2) is 40.0. The number of ketones is 1. The first-order valence-corrected chi connectivity index (χ1v) is 32.6. The normalized spacial score (nSPS) is 13.6. The van der Waals surface area contributed by atoms with Crippen LogP contribution in [0.15, 0.2) is 85.3 Å². The molecule has 2 amide bonds. The number of nitrogens with one attached hydrogen (secondary N) is 3. The van der Waals surface area contributed by atoms with Gasteiger partial charge in [-0.05, 0) is 36.9 Å². The van der Waals surface area contributed by atoms with Crippen molar-refractivity contribution >= 4 is 45.9 Å². The van der Waals surface area contributed by atoms with E-state index < -0.39 is 46.8 Å². The van der Waals surface area contributed by atoms with Gasteiger partial charge in [0.1, 0.15) is 35.7 Å². The lowest BCUT2D eigenvalue weighted by Crippen LogP contribution is -2.47. The Kier molecular flexibility index (Phi) is 29.9. The minimum absolute atomic E-state index is 0.0540. The number of carbonyl (C=O) groups is 4. The quantitative estimate of drug-likeness (QED) is 0.0119. The van der Waals surface area contributed by atoms with E-state index in [0.29, 0.717) is 158 Å². The number of halogens is 3. The molecule has 530 valence electrons. The SMILES string of the molecule is COc1cnc(-n2cnc(C(=O)NCc3cc(NCCCN4CCN(CCOCCOCCOCCOCc5cn(CCOCCOCCOCCOCCC(=O)Oc6c(F)cc(F)cc6F)nn5)CC4)ncn3)n2)c2[nH]cc(C(=O)C(=O)N3CCC(=C(C#N)c4ccccc4)CC3)c12. The number of pyridine rings is 1. The zero-order chi connectivity index (χ0) is 69.4. The van der Waals surface area contributed by atoms with Crippen molar-refractivity contribution in [3.8, 4) is 23.4 Å². The average molecular weight is 1380 g/mol. The van der Waals surface area contributed by atoms with Gasteiger partial charge in [-0.3, -0.25) is 24.1 Å². The molecule has 0 radical (unpaired) electrons. The molecule has 0 saturated carbocycles. The Hall–Kier alpha value is -9.21. The predicted molar refractivity (Wildman–Crippen MR) is 348 cm³/mol. The Morgan fingerprint density at radius 1 is 0.697 bits per heavy atom. The van der Waals surface area contributed by atoms with Crippen molar-refractivity contribution in [2.45, 2.75) is 45.4 Å². The van der Waals surface area contributed by atoms with Gasteiger partial charge in [-0.15, -0.1) is 10.2 Å². The van der Waals surface area contributed by atoms with Crippen molar-refractivity contribution in [3.63, 3.8) is 0 Å². The second-order valence-electron chi connectivity index (χ2n) is 22.5. The zero-order valence-corrected chi connectivity index (χ0v) is 55.1. The van der Waals surface area contributed by atoms with Crippen LogP contribution in [0.3, 0.4) is 0 Å². The fraction of sp³-hybridized carbons (Fsp3) is 0.485. The van der Waals surface area contributed by atoms with Gasteiger partial charge in [0, 0.05) is 76.8 Å². The number of nitriles is 1. The maximum absolute atomic E-state index is 13.8. The number of rotatable bonds is 43. The second-order valence-corrected chi connectivity index (χ2v) is 22.5. The molecule has 2 aliphatic heterocycles. The fourth-order valence-electron chi connectivity index (χ4n) is 10.5. The van der Waals surface area contributed by atoms with Gasteiger partial charge in [0.25, 0.3) is 17.6 Å². The number of fused-ring (bicyclic) bond motifs is 1. The number of likely N-dealkylation sites (tertiary alicyclic amines) is 1. The smallest absolute Gasteiger partial charge is 0.313 e. The number of amides is 2. The summed E-state index contributed by atoms with van der Waals surface area (Å²) in [6.45, 7) is 13.3. The molecule has 2 aromatic carbocycles. The van der Waals surface area contributed by atoms with E-state index >= 15 is 0 Å². The molecule has 30 nitrogen and oxygen atoms in total. The number of anilines is 1. The van der Waals surface area contributed by atoms with Gasteiger partial charge in [0.15, 0.2) is 17.5 Å². The maximum atomic E-state index is 13.8. The molecule has 0 unspecified atom stereocenters. The molecular formula is C66H81F3N16O14. The van der Waals surface area contributed by atoms with Crippen LogP contribution < -0.4 is 20.1 Å². The number of piperidine rings is 1. The molecule has 7 aromatic rings. The van der Waals surface area contributed by atoms with Crippen LogP contribution in [0.4, 0.5) is 19.0 Å². The molecule has 7 heterocycles. The number of ether oxygens (including phenoxy) is 10. The van der Waals surface area contributed by atoms with Crippen molar-refractivity contribution in [2.75, 3.05) is 170 Å². The van der Waals surface area contributed by atoms with E-state index in [1.54, 1.807) is 16.9 Å². The minimum atomic E-state index is -1.31. The molecule has 0 atom stereocenters. The van der Waals surface area contributed by atoms with E-state index in [0.717, 1.165) is 56.8 Å². The number of H-pyrrole nitrogens is 1. The summed E-state index contributed by atoms with van der Waals surface area (Å²) < 4.78 is 97.9. The summed E-state index contributed by atoms with van der Waals surface area (Å²) in [5.41, 5.74) is 4.06. The number of benzene rings is 2. The predicted octanol–water partition coefficient (Wildman–Crippen LogP) is 4.41. The van der Waals surface area contributed by atoms with Gasteiger partial charge in [0.05, 0.1) is 179 Å². The summed E-state index contributed by atoms with van der Waals surface area (Å²) in [6.07, 6.45) is 8.99. The first-order chi connectivity index (χ1) is 48.4. The van der Waals surface area contributed by atoms with E-state index in [1.165, 1.54) is 41.7 Å². The Morgan fingerprint density at radius 3 is 1.98 bits per heavy atom. The first-order valence-electron chi connectivity index (χ1n) is 32.6. The summed E-state index contributed by atoms with van der Waals surface area (Å²) in [7, 11) is 1.44. The summed E-state index contributed by atoms with van der Waals surface area (Å²) >= 11 is 0. The summed E-state index contributed by atoms with van der Waals surface area (Å²) in [4.78, 5) is 79.4. The van der Waals surface area contributed by atoms with Gasteiger partial charge in [-0.1, -0.05) is 35.5 Å². The number of methoxy groups -OCH3 is 1. The lowest BCUT2D eigenvalue weighted by Gasteiger charge is -2.34. The highest BCUT2D eigenvalue weighted by atomic mass is 19.1. The number of aromatic amines is 1. The molecule has 2 saturated heterocycles. The van der Waals surface area contributed by atoms with E-state index in [4.69, 9.17) is 42.6 Å². The monoisotopic (exact) mass is 1380 g/mol. The lowest BCUT2D eigenvalue weighted by molar-refractivity contribution is -0.136. The molecule has 0 aliphatic carbocycles. The molecule has 33 heteroatoms. The van der Waals surface area contributed by atoms with Gasteiger partial charge in [-0.25, -0.2) is 37.8 Å². The number of hydrogen-bond acceptors (Lipinski definition) is 25. The average Bonchev–Trinajstić information content (AvgIpc) is 1.63. The van der Waals surface area contributed by atoms with Crippen LogP contribution in [0.2, 0.25) is 0 Å². The van der Waals surface area contributed by atoms with Crippen molar-refractivity contribution in [1.82, 2.24) is 69.7 Å². The van der Waals surface area contributed by atoms with Crippen LogP contribution in [0.1, 0.15) is 63.6 Å². The molecule has 3 N–H and O–H groups in total. The van der Waals surface area contributed by atoms with Gasteiger partial charge in [0.2, 0.25) is 11.6 Å². The maximum Gasteiger partial charge on any atom is 0.313 e. The number of hydrogen-bond donors (Lipinski definition) is 3. The van der Waals surface area contributed by atoms with Crippen molar-refractivity contribution in [1.29, 1.82) is 5.26 Å². The summed E-state index contributed by atoms with van der Waals surface area (Å²) in [6, 6.07) is 14.3. The number of Topliss-reactive ketones (excluding diaryl/α,β-unsaturated/α-hetero) is 1.